The maximum atomic E-state index is 13.6. The Morgan fingerprint density at radius 3 is 2.65 bits per heavy atom. The van der Waals surface area contributed by atoms with Crippen molar-refractivity contribution in [1.82, 2.24) is 4.90 Å². The van der Waals surface area contributed by atoms with Crippen LogP contribution in [0.2, 0.25) is 0 Å². The third-order valence-corrected chi connectivity index (χ3v) is 7.05. The Bertz CT molecular complexity index is 1120. The zero-order chi connectivity index (χ0) is 24.1. The molecule has 8 heteroatoms. The van der Waals surface area contributed by atoms with E-state index in [1.165, 1.54) is 25.3 Å². The molecule has 2 aromatic carbocycles. The van der Waals surface area contributed by atoms with Crippen molar-refractivity contribution >= 4 is 40.5 Å². The van der Waals surface area contributed by atoms with Crippen molar-refractivity contribution in [2.75, 3.05) is 13.7 Å². The van der Waals surface area contributed by atoms with E-state index in [1.54, 1.807) is 12.1 Å². The van der Waals surface area contributed by atoms with Crippen LogP contribution in [0.1, 0.15) is 38.2 Å². The van der Waals surface area contributed by atoms with Gasteiger partial charge in [0.05, 0.1) is 17.7 Å². The minimum Gasteiger partial charge on any atom is -0.493 e. The van der Waals surface area contributed by atoms with E-state index in [1.807, 2.05) is 47.4 Å². The molecule has 0 bridgehead atoms. The van der Waals surface area contributed by atoms with Crippen LogP contribution in [-0.2, 0) is 9.59 Å². The predicted molar refractivity (Wildman–Crippen MR) is 135 cm³/mol. The topological polar surface area (TPSA) is 94.2 Å². The largest absolute Gasteiger partial charge is 0.493 e. The molecule has 1 aliphatic heterocycles. The van der Waals surface area contributed by atoms with E-state index in [0.717, 1.165) is 35.7 Å². The molecule has 2 fully saturated rings. The van der Waals surface area contributed by atoms with Crippen LogP contribution in [0.3, 0.4) is 0 Å². The molecule has 2 aliphatic rings. The van der Waals surface area contributed by atoms with Crippen molar-refractivity contribution in [3.63, 3.8) is 0 Å². The van der Waals surface area contributed by atoms with Gasteiger partial charge in [-0.15, -0.1) is 0 Å². The van der Waals surface area contributed by atoms with Crippen molar-refractivity contribution < 1.29 is 19.1 Å². The molecule has 0 unspecified atom stereocenters. The zero-order valence-electron chi connectivity index (χ0n) is 19.4. The van der Waals surface area contributed by atoms with Crippen LogP contribution < -0.4 is 15.2 Å². The van der Waals surface area contributed by atoms with Crippen molar-refractivity contribution in [1.29, 1.82) is 0 Å². The van der Waals surface area contributed by atoms with E-state index in [4.69, 9.17) is 20.2 Å². The summed E-state index contributed by atoms with van der Waals surface area (Å²) in [6, 6.07) is 15.2. The van der Waals surface area contributed by atoms with Gasteiger partial charge in [0.1, 0.15) is 0 Å². The highest BCUT2D eigenvalue weighted by atomic mass is 32.2. The minimum atomic E-state index is -0.566. The first kappa shape index (κ1) is 23.9. The van der Waals surface area contributed by atoms with E-state index < -0.39 is 5.91 Å². The van der Waals surface area contributed by atoms with Crippen LogP contribution in [0.25, 0.3) is 6.08 Å². The number of carbonyl (C=O) groups excluding carboxylic acids is 2. The van der Waals surface area contributed by atoms with Gasteiger partial charge in [0, 0.05) is 6.04 Å². The Kier molecular flexibility index (Phi) is 7.57. The highest BCUT2D eigenvalue weighted by Crippen LogP contribution is 2.40. The van der Waals surface area contributed by atoms with E-state index in [0.29, 0.717) is 22.3 Å². The fourth-order valence-electron chi connectivity index (χ4n) is 4.34. The number of ether oxygens (including phenoxy) is 2. The first-order valence-corrected chi connectivity index (χ1v) is 12.2. The van der Waals surface area contributed by atoms with Crippen LogP contribution in [0.5, 0.6) is 11.5 Å². The van der Waals surface area contributed by atoms with Crippen molar-refractivity contribution in [2.24, 2.45) is 16.6 Å². The average molecular weight is 480 g/mol. The summed E-state index contributed by atoms with van der Waals surface area (Å²) in [5, 5.41) is 0.717. The summed E-state index contributed by atoms with van der Waals surface area (Å²) in [6.45, 7) is 1.98. The lowest BCUT2D eigenvalue weighted by Gasteiger charge is -2.35. The first-order valence-electron chi connectivity index (χ1n) is 11.4. The molecule has 0 spiro atoms. The molecule has 1 heterocycles. The lowest BCUT2D eigenvalue weighted by Crippen LogP contribution is -2.44. The number of para-hydroxylation sites is 1. The smallest absolute Gasteiger partial charge is 0.267 e. The van der Waals surface area contributed by atoms with Gasteiger partial charge >= 0.3 is 0 Å². The third kappa shape index (κ3) is 5.44. The zero-order valence-corrected chi connectivity index (χ0v) is 20.2. The molecule has 2 N–H and O–H groups in total. The lowest BCUT2D eigenvalue weighted by atomic mass is 9.85. The molecule has 0 aromatic heterocycles. The van der Waals surface area contributed by atoms with Gasteiger partial charge in [0.15, 0.2) is 23.3 Å². The number of nitrogens with zero attached hydrogens (tertiary/aromatic N) is 2. The number of aliphatic imine (C=N–C) groups is 1. The normalized spacial score (nSPS) is 22.9. The molecule has 1 saturated carbocycles. The average Bonchev–Trinajstić information content (AvgIpc) is 3.13. The SMILES string of the molecule is COc1cc(/C=C2\SC(=Nc3ccccc3)N([C@@H]3CCCC[C@H]3C)C2=O)ccc1OCC(N)=O. The fourth-order valence-corrected chi connectivity index (χ4v) is 5.39. The lowest BCUT2D eigenvalue weighted by molar-refractivity contribution is -0.125. The second kappa shape index (κ2) is 10.8. The van der Waals surface area contributed by atoms with Crippen LogP contribution in [0.15, 0.2) is 58.4 Å². The Morgan fingerprint density at radius 2 is 1.94 bits per heavy atom. The molecular weight excluding hydrogens is 450 g/mol. The quantitative estimate of drug-likeness (QED) is 0.579. The van der Waals surface area contributed by atoms with Crippen molar-refractivity contribution in [3.8, 4) is 11.5 Å². The Morgan fingerprint density at radius 1 is 1.18 bits per heavy atom. The number of hydrogen-bond acceptors (Lipinski definition) is 6. The maximum absolute atomic E-state index is 13.6. The molecule has 34 heavy (non-hydrogen) atoms. The van der Waals surface area contributed by atoms with E-state index in [9.17, 15) is 9.59 Å². The third-order valence-electron chi connectivity index (χ3n) is 6.07. The number of methoxy groups -OCH3 is 1. The van der Waals surface area contributed by atoms with Crippen molar-refractivity contribution in [3.05, 3.63) is 59.0 Å². The van der Waals surface area contributed by atoms with Gasteiger partial charge in [0.2, 0.25) is 0 Å². The molecule has 1 aliphatic carbocycles. The summed E-state index contributed by atoms with van der Waals surface area (Å²) < 4.78 is 10.8. The first-order chi connectivity index (χ1) is 16.5. The number of amides is 2. The van der Waals surface area contributed by atoms with Crippen LogP contribution in [0.4, 0.5) is 5.69 Å². The molecule has 4 rings (SSSR count). The van der Waals surface area contributed by atoms with E-state index in [-0.39, 0.29) is 18.6 Å². The summed E-state index contributed by atoms with van der Waals surface area (Å²) in [6.07, 6.45) is 6.26. The summed E-state index contributed by atoms with van der Waals surface area (Å²) in [4.78, 5) is 32.0. The number of benzene rings is 2. The second-order valence-electron chi connectivity index (χ2n) is 8.51. The van der Waals surface area contributed by atoms with Crippen LogP contribution >= 0.6 is 11.8 Å². The maximum Gasteiger partial charge on any atom is 0.267 e. The number of amidine groups is 1. The van der Waals surface area contributed by atoms with Crippen molar-refractivity contribution in [2.45, 2.75) is 38.6 Å². The molecule has 2 atom stereocenters. The highest BCUT2D eigenvalue weighted by Gasteiger charge is 2.41. The van der Waals surface area contributed by atoms with Crippen LogP contribution in [-0.4, -0.2) is 41.6 Å². The van der Waals surface area contributed by atoms with E-state index in [2.05, 4.69) is 6.92 Å². The molecular formula is C26H29N3O4S. The minimum absolute atomic E-state index is 0.0218. The fraction of sp³-hybridized carbons (Fsp3) is 0.346. The molecule has 7 nitrogen and oxygen atoms in total. The Labute approximate surface area is 204 Å². The van der Waals surface area contributed by atoms with Gasteiger partial charge in [-0.2, -0.15) is 0 Å². The van der Waals surface area contributed by atoms with Crippen LogP contribution in [0, 0.1) is 5.92 Å². The number of primary amides is 1. The summed E-state index contributed by atoms with van der Waals surface area (Å²) >= 11 is 1.40. The Hall–Kier alpha value is -3.26. The van der Waals surface area contributed by atoms with Gasteiger partial charge in [-0.25, -0.2) is 4.99 Å². The Balaban J connectivity index is 1.66. The number of thioether (sulfide) groups is 1. The molecule has 0 radical (unpaired) electrons. The van der Waals surface area contributed by atoms with Gasteiger partial charge in [0.25, 0.3) is 11.8 Å². The number of carbonyl (C=O) groups is 2. The summed E-state index contributed by atoms with van der Waals surface area (Å²) in [5.74, 6) is 0.704. The summed E-state index contributed by atoms with van der Waals surface area (Å²) in [7, 11) is 1.52. The number of hydrogen-bond donors (Lipinski definition) is 1. The number of nitrogens with two attached hydrogens (primary N) is 1. The van der Waals surface area contributed by atoms with Gasteiger partial charge < -0.3 is 15.2 Å². The monoisotopic (exact) mass is 479 g/mol. The molecule has 2 amide bonds. The summed E-state index contributed by atoms with van der Waals surface area (Å²) in [5.41, 5.74) is 6.78. The molecule has 1 saturated heterocycles. The predicted octanol–water partition coefficient (Wildman–Crippen LogP) is 4.74. The van der Waals surface area contributed by atoms with Gasteiger partial charge in [-0.1, -0.05) is 44.0 Å². The highest BCUT2D eigenvalue weighted by molar-refractivity contribution is 8.18. The standard InChI is InChI=1S/C26H29N3O4S/c1-17-8-6-7-11-20(17)29-25(31)23(34-26(29)28-19-9-4-3-5-10-19)15-18-12-13-21(22(14-18)32-2)33-16-24(27)30/h3-5,9-10,12-15,17,20H,6-8,11,16H2,1-2H3,(H2,27,30)/b23-15-,28-26?/t17-,20-/m1/s1. The number of rotatable bonds is 7. The second-order valence-corrected chi connectivity index (χ2v) is 9.52. The van der Waals surface area contributed by atoms with Gasteiger partial charge in [-0.3, -0.25) is 14.5 Å². The molecule has 178 valence electrons. The van der Waals surface area contributed by atoms with Gasteiger partial charge in [-0.05, 0) is 66.4 Å². The molecule has 2 aromatic rings. The van der Waals surface area contributed by atoms with E-state index >= 15 is 0 Å².